The largest absolute Gasteiger partial charge is 0.480 e. The lowest BCUT2D eigenvalue weighted by molar-refractivity contribution is -0.140. The molecule has 1 saturated carbocycles. The van der Waals surface area contributed by atoms with Crippen molar-refractivity contribution in [3.8, 4) is 28.5 Å². The maximum atomic E-state index is 13.1. The Labute approximate surface area is 211 Å². The molecule has 2 aliphatic rings. The molecule has 1 aromatic carbocycles. The number of imidazole rings is 1. The second kappa shape index (κ2) is 8.89. The highest BCUT2D eigenvalue weighted by Crippen LogP contribution is 2.46. The lowest BCUT2D eigenvalue weighted by Crippen LogP contribution is -2.31. The van der Waals surface area contributed by atoms with Crippen LogP contribution in [0.2, 0.25) is 0 Å². The molecule has 1 aliphatic carbocycles. The van der Waals surface area contributed by atoms with Crippen LogP contribution in [0.15, 0.2) is 42.9 Å². The van der Waals surface area contributed by atoms with Crippen molar-refractivity contribution in [1.29, 1.82) is 0 Å². The van der Waals surface area contributed by atoms with Crippen LogP contribution in [0.4, 0.5) is 19.0 Å². The highest BCUT2D eigenvalue weighted by molar-refractivity contribution is 5.71. The molecule has 0 spiro atoms. The van der Waals surface area contributed by atoms with Crippen LogP contribution in [0.25, 0.3) is 22.6 Å². The minimum atomic E-state index is -4.47. The number of fused-ring (bicyclic) bond motifs is 1. The van der Waals surface area contributed by atoms with Crippen molar-refractivity contribution in [3.05, 3.63) is 59.8 Å². The van der Waals surface area contributed by atoms with Gasteiger partial charge in [0.05, 0.1) is 18.4 Å². The fraction of sp³-hybridized carbons (Fsp3) is 0.385. The van der Waals surface area contributed by atoms with E-state index < -0.39 is 11.9 Å². The van der Waals surface area contributed by atoms with Crippen LogP contribution in [0.5, 0.6) is 5.88 Å². The lowest BCUT2D eigenvalue weighted by Gasteiger charge is -2.29. The highest BCUT2D eigenvalue weighted by atomic mass is 19.4. The van der Waals surface area contributed by atoms with Crippen LogP contribution in [0.3, 0.4) is 0 Å². The molecule has 0 atom stereocenters. The molecule has 8 nitrogen and oxygen atoms in total. The zero-order valence-corrected chi connectivity index (χ0v) is 20.5. The quantitative estimate of drug-likeness (QED) is 0.362. The molecule has 0 unspecified atom stereocenters. The second-order valence-corrected chi connectivity index (χ2v) is 9.56. The molecule has 192 valence electrons. The van der Waals surface area contributed by atoms with Crippen molar-refractivity contribution in [2.45, 2.75) is 44.4 Å². The molecule has 11 heteroatoms. The SMILES string of the molecule is COc1ncnc(C2CC2)c1-c1cc2n(n1)CCCN2Cc1ccc(-c2nc(C(F)(F)F)cn2C)cc1. The Balaban J connectivity index is 1.26. The Kier molecular flexibility index (Phi) is 5.65. The number of ether oxygens (including phenoxy) is 1. The smallest absolute Gasteiger partial charge is 0.434 e. The summed E-state index contributed by atoms with van der Waals surface area (Å²) < 4.78 is 48.2. The van der Waals surface area contributed by atoms with E-state index in [1.807, 2.05) is 28.9 Å². The van der Waals surface area contributed by atoms with Gasteiger partial charge in [-0.2, -0.15) is 18.3 Å². The number of aromatic nitrogens is 6. The Morgan fingerprint density at radius 3 is 2.54 bits per heavy atom. The molecule has 0 N–H and O–H groups in total. The van der Waals surface area contributed by atoms with Crippen LogP contribution in [-0.4, -0.2) is 43.0 Å². The van der Waals surface area contributed by atoms with Crippen LogP contribution in [0, 0.1) is 0 Å². The van der Waals surface area contributed by atoms with E-state index in [9.17, 15) is 13.2 Å². The summed E-state index contributed by atoms with van der Waals surface area (Å²) >= 11 is 0. The zero-order valence-electron chi connectivity index (χ0n) is 20.5. The van der Waals surface area contributed by atoms with Gasteiger partial charge in [-0.15, -0.1) is 0 Å². The first-order chi connectivity index (χ1) is 17.8. The van der Waals surface area contributed by atoms with Crippen molar-refractivity contribution in [2.24, 2.45) is 7.05 Å². The third-order valence-electron chi connectivity index (χ3n) is 6.89. The summed E-state index contributed by atoms with van der Waals surface area (Å²) in [5.74, 6) is 2.26. The average Bonchev–Trinajstić information content (AvgIpc) is 3.51. The van der Waals surface area contributed by atoms with Crippen molar-refractivity contribution in [2.75, 3.05) is 18.6 Å². The number of anilines is 1. The third-order valence-corrected chi connectivity index (χ3v) is 6.89. The number of hydrogen-bond donors (Lipinski definition) is 0. The number of methoxy groups -OCH3 is 1. The Morgan fingerprint density at radius 2 is 1.86 bits per heavy atom. The number of nitrogens with zero attached hydrogens (tertiary/aromatic N) is 7. The first kappa shape index (κ1) is 23.5. The molecule has 1 aliphatic heterocycles. The summed E-state index contributed by atoms with van der Waals surface area (Å²) in [5, 5.41) is 4.89. The van der Waals surface area contributed by atoms with E-state index in [-0.39, 0.29) is 5.82 Å². The van der Waals surface area contributed by atoms with Gasteiger partial charge in [-0.1, -0.05) is 24.3 Å². The maximum absolute atomic E-state index is 13.1. The van der Waals surface area contributed by atoms with Crippen molar-refractivity contribution in [1.82, 2.24) is 29.3 Å². The minimum Gasteiger partial charge on any atom is -0.480 e. The summed E-state index contributed by atoms with van der Waals surface area (Å²) in [6, 6.07) is 9.59. The third kappa shape index (κ3) is 4.42. The summed E-state index contributed by atoms with van der Waals surface area (Å²) in [4.78, 5) is 14.9. The van der Waals surface area contributed by atoms with Gasteiger partial charge in [-0.05, 0) is 24.8 Å². The molecule has 4 heterocycles. The van der Waals surface area contributed by atoms with E-state index in [1.165, 1.54) is 4.57 Å². The standard InChI is InChI=1S/C26H26F3N7O/c1-34-14-20(26(27,28)29)32-24(34)18-6-4-16(5-7-18)13-35-10-3-11-36-21(35)12-19(33-36)22-23(17-8-9-17)30-15-31-25(22)37-2/h4-7,12,14-15,17H,3,8-11,13H2,1-2H3. The van der Waals surface area contributed by atoms with Crippen molar-refractivity contribution in [3.63, 3.8) is 0 Å². The highest BCUT2D eigenvalue weighted by Gasteiger charge is 2.35. The van der Waals surface area contributed by atoms with Gasteiger partial charge in [0.2, 0.25) is 5.88 Å². The van der Waals surface area contributed by atoms with E-state index >= 15 is 0 Å². The van der Waals surface area contributed by atoms with Crippen LogP contribution >= 0.6 is 0 Å². The van der Waals surface area contributed by atoms with Crippen LogP contribution in [-0.2, 0) is 26.3 Å². The molecule has 4 aromatic rings. The lowest BCUT2D eigenvalue weighted by atomic mass is 10.1. The van der Waals surface area contributed by atoms with E-state index in [0.29, 0.717) is 23.9 Å². The number of aryl methyl sites for hydroxylation is 2. The molecule has 0 amide bonds. The molecule has 3 aromatic heterocycles. The first-order valence-electron chi connectivity index (χ1n) is 12.2. The number of hydrogen-bond acceptors (Lipinski definition) is 6. The summed E-state index contributed by atoms with van der Waals surface area (Å²) in [6.45, 7) is 2.34. The van der Waals surface area contributed by atoms with Crippen molar-refractivity contribution >= 4 is 5.82 Å². The minimum absolute atomic E-state index is 0.282. The Morgan fingerprint density at radius 1 is 1.08 bits per heavy atom. The fourth-order valence-electron chi connectivity index (χ4n) is 4.93. The normalized spacial score (nSPS) is 15.6. The van der Waals surface area contributed by atoms with Gasteiger partial charge in [0.25, 0.3) is 0 Å². The number of benzene rings is 1. The Hall–Kier alpha value is -3.89. The van der Waals surface area contributed by atoms with E-state index in [2.05, 4.69) is 25.9 Å². The van der Waals surface area contributed by atoms with E-state index in [1.54, 1.807) is 20.5 Å². The van der Waals surface area contributed by atoms with Gasteiger partial charge >= 0.3 is 6.18 Å². The molecule has 0 saturated heterocycles. The summed E-state index contributed by atoms with van der Waals surface area (Å²) in [7, 11) is 3.18. The van der Waals surface area contributed by atoms with Gasteiger partial charge in [-0.3, -0.25) is 0 Å². The predicted octanol–water partition coefficient (Wildman–Crippen LogP) is 5.06. The molecule has 0 bridgehead atoms. The van der Waals surface area contributed by atoms with E-state index in [0.717, 1.165) is 66.9 Å². The number of halogens is 3. The molecule has 1 fully saturated rings. The van der Waals surface area contributed by atoms with Crippen LogP contribution in [0.1, 0.15) is 42.1 Å². The molecular weight excluding hydrogens is 483 g/mol. The van der Waals surface area contributed by atoms with Gasteiger partial charge in [0, 0.05) is 50.4 Å². The predicted molar refractivity (Wildman–Crippen MR) is 131 cm³/mol. The topological polar surface area (TPSA) is 73.9 Å². The number of alkyl halides is 3. The Bertz CT molecular complexity index is 1440. The maximum Gasteiger partial charge on any atom is 0.434 e. The van der Waals surface area contributed by atoms with Gasteiger partial charge in [0.15, 0.2) is 5.69 Å². The second-order valence-electron chi connectivity index (χ2n) is 9.56. The van der Waals surface area contributed by atoms with Gasteiger partial charge in [-0.25, -0.2) is 19.6 Å². The molecular formula is C26H26F3N7O. The summed E-state index contributed by atoms with van der Waals surface area (Å²) in [6.07, 6.45) is 1.27. The van der Waals surface area contributed by atoms with Gasteiger partial charge in [0.1, 0.15) is 23.7 Å². The number of rotatable bonds is 6. The monoisotopic (exact) mass is 509 g/mol. The summed E-state index contributed by atoms with van der Waals surface area (Å²) in [5.41, 5.74) is 3.46. The first-order valence-corrected chi connectivity index (χ1v) is 12.2. The van der Waals surface area contributed by atoms with Gasteiger partial charge < -0.3 is 14.2 Å². The fourth-order valence-corrected chi connectivity index (χ4v) is 4.93. The molecule has 37 heavy (non-hydrogen) atoms. The molecule has 0 radical (unpaired) electrons. The molecule has 6 rings (SSSR count). The average molecular weight is 510 g/mol. The van der Waals surface area contributed by atoms with Crippen molar-refractivity contribution < 1.29 is 17.9 Å². The van der Waals surface area contributed by atoms with Crippen LogP contribution < -0.4 is 9.64 Å². The van der Waals surface area contributed by atoms with E-state index in [4.69, 9.17) is 9.84 Å². The zero-order chi connectivity index (χ0) is 25.7.